The first-order valence-corrected chi connectivity index (χ1v) is 4.22. The van der Waals surface area contributed by atoms with E-state index < -0.39 is 0 Å². The van der Waals surface area contributed by atoms with Crippen LogP contribution in [0.2, 0.25) is 5.02 Å². The fraction of sp³-hybridized carbons (Fsp3) is 0.100. The summed E-state index contributed by atoms with van der Waals surface area (Å²) in [6, 6.07) is 7.44. The zero-order chi connectivity index (χ0) is 9.68. The van der Waals surface area contributed by atoms with Crippen LogP contribution in [0.1, 0.15) is 12.5 Å². The second-order valence-corrected chi connectivity index (χ2v) is 3.07. The third kappa shape index (κ3) is 3.30. The Labute approximate surface area is 82.1 Å². The normalized spacial score (nSPS) is 12.3. The topological polar surface area (TPSA) is 32.6 Å². The zero-order valence-corrected chi connectivity index (χ0v) is 7.99. The van der Waals surface area contributed by atoms with Gasteiger partial charge in [0.1, 0.15) is 0 Å². The Balaban J connectivity index is 2.80. The second kappa shape index (κ2) is 4.67. The van der Waals surface area contributed by atoms with E-state index in [1.165, 1.54) is 0 Å². The fourth-order valence-corrected chi connectivity index (χ4v) is 1.06. The van der Waals surface area contributed by atoms with Gasteiger partial charge in [0.2, 0.25) is 0 Å². The summed E-state index contributed by atoms with van der Waals surface area (Å²) in [7, 11) is 0. The number of hydrogen-bond donors (Lipinski definition) is 1. The van der Waals surface area contributed by atoms with E-state index in [2.05, 4.69) is 5.16 Å². The number of rotatable bonds is 2. The van der Waals surface area contributed by atoms with Gasteiger partial charge >= 0.3 is 0 Å². The molecule has 0 heterocycles. The van der Waals surface area contributed by atoms with Crippen molar-refractivity contribution in [1.82, 2.24) is 0 Å². The van der Waals surface area contributed by atoms with Crippen molar-refractivity contribution in [3.05, 3.63) is 40.9 Å². The highest BCUT2D eigenvalue weighted by atomic mass is 35.5. The molecule has 3 heteroatoms. The first-order valence-electron chi connectivity index (χ1n) is 3.84. The highest BCUT2D eigenvalue weighted by Crippen LogP contribution is 2.11. The molecule has 1 N–H and O–H groups in total. The molecule has 1 aromatic rings. The van der Waals surface area contributed by atoms with E-state index in [1.807, 2.05) is 30.3 Å². The zero-order valence-electron chi connectivity index (χ0n) is 7.24. The summed E-state index contributed by atoms with van der Waals surface area (Å²) in [5.74, 6) is 0. The van der Waals surface area contributed by atoms with Gasteiger partial charge < -0.3 is 5.21 Å². The Morgan fingerprint density at radius 2 is 2.31 bits per heavy atom. The minimum atomic E-state index is 0.556. The summed E-state index contributed by atoms with van der Waals surface area (Å²) in [6.07, 6.45) is 3.55. The Morgan fingerprint density at radius 1 is 1.54 bits per heavy atom. The lowest BCUT2D eigenvalue weighted by Crippen LogP contribution is -1.82. The van der Waals surface area contributed by atoms with Crippen LogP contribution in [-0.4, -0.2) is 10.9 Å². The molecule has 68 valence electrons. The van der Waals surface area contributed by atoms with Gasteiger partial charge in [0.25, 0.3) is 0 Å². The molecule has 0 amide bonds. The molecule has 13 heavy (non-hydrogen) atoms. The predicted molar refractivity (Wildman–Crippen MR) is 55.4 cm³/mol. The van der Waals surface area contributed by atoms with Crippen LogP contribution in [-0.2, 0) is 0 Å². The van der Waals surface area contributed by atoms with E-state index in [9.17, 15) is 0 Å². The van der Waals surface area contributed by atoms with Crippen molar-refractivity contribution in [2.45, 2.75) is 6.92 Å². The van der Waals surface area contributed by atoms with Crippen LogP contribution in [0.3, 0.4) is 0 Å². The summed E-state index contributed by atoms with van der Waals surface area (Å²) in [5, 5.41) is 12.1. The van der Waals surface area contributed by atoms with E-state index in [0.29, 0.717) is 10.7 Å². The van der Waals surface area contributed by atoms with E-state index in [0.717, 1.165) is 5.56 Å². The lowest BCUT2D eigenvalue weighted by atomic mass is 10.2. The number of halogens is 1. The molecule has 0 aliphatic rings. The molecule has 0 bridgehead atoms. The van der Waals surface area contributed by atoms with Gasteiger partial charge in [-0.05, 0) is 30.7 Å². The maximum absolute atomic E-state index is 8.38. The number of allylic oxidation sites excluding steroid dienone is 1. The van der Waals surface area contributed by atoms with Crippen LogP contribution in [0.5, 0.6) is 0 Å². The molecule has 0 radical (unpaired) electrons. The third-order valence-corrected chi connectivity index (χ3v) is 1.76. The standard InChI is InChI=1S/C10H10ClNO/c1-8(12-13)5-6-9-3-2-4-10(11)7-9/h2-7,13H,1H3/b6-5+,12-8+. The Bertz CT molecular complexity index is 345. The first kappa shape index (κ1) is 9.81. The van der Waals surface area contributed by atoms with Gasteiger partial charge in [-0.3, -0.25) is 0 Å². The van der Waals surface area contributed by atoms with Crippen LogP contribution in [0.25, 0.3) is 6.08 Å². The van der Waals surface area contributed by atoms with Crippen molar-refractivity contribution in [1.29, 1.82) is 0 Å². The molecule has 0 aliphatic heterocycles. The Kier molecular flexibility index (Phi) is 3.53. The first-order chi connectivity index (χ1) is 6.22. The number of nitrogens with zero attached hydrogens (tertiary/aromatic N) is 1. The van der Waals surface area contributed by atoms with Crippen molar-refractivity contribution in [2.24, 2.45) is 5.16 Å². The molecule has 0 saturated heterocycles. The van der Waals surface area contributed by atoms with E-state index >= 15 is 0 Å². The van der Waals surface area contributed by atoms with Gasteiger partial charge in [0.05, 0.1) is 5.71 Å². The average molecular weight is 196 g/mol. The molecule has 1 rings (SSSR count). The van der Waals surface area contributed by atoms with Crippen molar-refractivity contribution < 1.29 is 5.21 Å². The lowest BCUT2D eigenvalue weighted by Gasteiger charge is -1.93. The Morgan fingerprint density at radius 3 is 2.92 bits per heavy atom. The predicted octanol–water partition coefficient (Wildman–Crippen LogP) is 3.20. The van der Waals surface area contributed by atoms with E-state index in [-0.39, 0.29) is 0 Å². The van der Waals surface area contributed by atoms with Crippen LogP contribution < -0.4 is 0 Å². The highest BCUT2D eigenvalue weighted by molar-refractivity contribution is 6.30. The van der Waals surface area contributed by atoms with E-state index in [1.54, 1.807) is 13.0 Å². The summed E-state index contributed by atoms with van der Waals surface area (Å²) < 4.78 is 0. The second-order valence-electron chi connectivity index (χ2n) is 2.63. The summed E-state index contributed by atoms with van der Waals surface area (Å²) in [4.78, 5) is 0. The monoisotopic (exact) mass is 195 g/mol. The molecular formula is C10H10ClNO. The van der Waals surface area contributed by atoms with Gasteiger partial charge in [-0.15, -0.1) is 0 Å². The van der Waals surface area contributed by atoms with Crippen LogP contribution in [0.4, 0.5) is 0 Å². The lowest BCUT2D eigenvalue weighted by molar-refractivity contribution is 0.319. The van der Waals surface area contributed by atoms with Crippen molar-refractivity contribution >= 4 is 23.4 Å². The van der Waals surface area contributed by atoms with Gasteiger partial charge in [-0.1, -0.05) is 35.0 Å². The number of oxime groups is 1. The summed E-state index contributed by atoms with van der Waals surface area (Å²) in [6.45, 7) is 1.71. The molecule has 0 fully saturated rings. The van der Waals surface area contributed by atoms with Crippen molar-refractivity contribution in [2.75, 3.05) is 0 Å². The molecule has 0 atom stereocenters. The molecule has 0 unspecified atom stereocenters. The minimum absolute atomic E-state index is 0.556. The molecule has 0 aromatic heterocycles. The minimum Gasteiger partial charge on any atom is -0.411 e. The maximum Gasteiger partial charge on any atom is 0.0765 e. The van der Waals surface area contributed by atoms with Crippen LogP contribution in [0.15, 0.2) is 35.5 Å². The molecule has 2 nitrogen and oxygen atoms in total. The van der Waals surface area contributed by atoms with Gasteiger partial charge in [-0.25, -0.2) is 0 Å². The summed E-state index contributed by atoms with van der Waals surface area (Å²) >= 11 is 5.78. The average Bonchev–Trinajstić information content (AvgIpc) is 2.14. The SMILES string of the molecule is CC(/C=C/c1cccc(Cl)c1)=N\O. The largest absolute Gasteiger partial charge is 0.411 e. The van der Waals surface area contributed by atoms with Crippen LogP contribution in [0, 0.1) is 0 Å². The summed E-state index contributed by atoms with van der Waals surface area (Å²) in [5.41, 5.74) is 1.54. The third-order valence-electron chi connectivity index (χ3n) is 1.52. The maximum atomic E-state index is 8.38. The fourth-order valence-electron chi connectivity index (χ4n) is 0.860. The smallest absolute Gasteiger partial charge is 0.0765 e. The molecule has 0 spiro atoms. The quantitative estimate of drug-likeness (QED) is 0.439. The van der Waals surface area contributed by atoms with Gasteiger partial charge in [-0.2, -0.15) is 0 Å². The number of hydrogen-bond acceptors (Lipinski definition) is 2. The molecule has 0 saturated carbocycles. The molecule has 0 aliphatic carbocycles. The number of benzene rings is 1. The molecular weight excluding hydrogens is 186 g/mol. The van der Waals surface area contributed by atoms with Crippen molar-refractivity contribution in [3.63, 3.8) is 0 Å². The van der Waals surface area contributed by atoms with Gasteiger partial charge in [0, 0.05) is 5.02 Å². The van der Waals surface area contributed by atoms with E-state index in [4.69, 9.17) is 16.8 Å². The Hall–Kier alpha value is -1.28. The highest BCUT2D eigenvalue weighted by Gasteiger charge is 1.89. The van der Waals surface area contributed by atoms with Crippen LogP contribution >= 0.6 is 11.6 Å². The van der Waals surface area contributed by atoms with Crippen molar-refractivity contribution in [3.8, 4) is 0 Å². The van der Waals surface area contributed by atoms with Gasteiger partial charge in [0.15, 0.2) is 0 Å². The molecule has 1 aromatic carbocycles.